The predicted molar refractivity (Wildman–Crippen MR) is 191 cm³/mol. The van der Waals surface area contributed by atoms with Gasteiger partial charge in [0.2, 0.25) is 0 Å². The summed E-state index contributed by atoms with van der Waals surface area (Å²) in [5.41, 5.74) is 6.88. The molecule has 0 spiro atoms. The third kappa shape index (κ3) is 6.08. The fourth-order valence-corrected chi connectivity index (χ4v) is 8.12. The van der Waals surface area contributed by atoms with Crippen molar-refractivity contribution >= 4 is 33.2 Å². The summed E-state index contributed by atoms with van der Waals surface area (Å²) >= 11 is 0. The predicted octanol–water partition coefficient (Wildman–Crippen LogP) is 7.45. The molecule has 8 nitrogen and oxygen atoms in total. The molecule has 0 aliphatic carbocycles. The van der Waals surface area contributed by atoms with Crippen molar-refractivity contribution in [1.29, 1.82) is 0 Å². The van der Waals surface area contributed by atoms with Gasteiger partial charge in [-0.25, -0.2) is 22.5 Å². The van der Waals surface area contributed by atoms with Gasteiger partial charge in [0.15, 0.2) is 18.4 Å². The van der Waals surface area contributed by atoms with E-state index < -0.39 is 30.3 Å². The normalized spacial score (nSPS) is 22.3. The molecule has 4 aliphatic rings. The van der Waals surface area contributed by atoms with Gasteiger partial charge in [0, 0.05) is 16.6 Å². The highest BCUT2D eigenvalue weighted by molar-refractivity contribution is 6.04. The monoisotopic (exact) mass is 691 g/mol. The smallest absolute Gasteiger partial charge is 0.319 e. The first-order chi connectivity index (χ1) is 24.3. The minimum absolute atomic E-state index is 0.0348. The second-order valence-electron chi connectivity index (χ2n) is 12.9. The number of fused-ring (bicyclic) bond motifs is 4. The molecule has 8 rings (SSSR count). The second-order valence-corrected chi connectivity index (χ2v) is 12.9. The molecule has 3 saturated heterocycles. The third-order valence-electron chi connectivity index (χ3n) is 10.2. The van der Waals surface area contributed by atoms with Crippen molar-refractivity contribution in [3.63, 3.8) is 0 Å². The maximum absolute atomic E-state index is 17.0. The van der Waals surface area contributed by atoms with E-state index in [-0.39, 0.29) is 51.6 Å². The van der Waals surface area contributed by atoms with Crippen LogP contribution in [0, 0.1) is 24.0 Å². The summed E-state index contributed by atoms with van der Waals surface area (Å²) in [5, 5.41) is 3.47. The largest absolute Gasteiger partial charge is 0.461 e. The Morgan fingerprint density at radius 3 is 2.48 bits per heavy atom. The number of nitrogens with zero attached hydrogens (tertiary/aromatic N) is 5. The van der Waals surface area contributed by atoms with Crippen LogP contribution in [0.2, 0.25) is 0 Å². The number of hydrogen-bond donors (Lipinski definition) is 2. The molecular weight excluding hydrogens is 646 g/mol. The molecule has 0 radical (unpaired) electrons. The lowest BCUT2D eigenvalue weighted by Gasteiger charge is -2.42. The van der Waals surface area contributed by atoms with E-state index in [1.807, 2.05) is 27.7 Å². The molecule has 0 bridgehead atoms. The van der Waals surface area contributed by atoms with Gasteiger partial charge in [-0.15, -0.1) is 6.42 Å². The Morgan fingerprint density at radius 1 is 1.02 bits per heavy atom. The molecule has 3 N–H and O–H groups in total. The standard InChI is InChI=1S/C34H33F4N7O.2C2H6/c1-2-20-22(35)9-8-18-14-19(39)15-21(26(18)20)29-28(37)30-27-23(40-29)6-3-7-24-31(38)41-25(36)16-45(24)32(27)43-33(42-30)46-17-34-10-4-12-44(34)13-5-11-34;2*1-2/h1,8-9,14-15,24-25,31,41H,3-7,10-13,16-17,39H2;2*1-2H3. The lowest BCUT2D eigenvalue weighted by Crippen LogP contribution is -2.60. The highest BCUT2D eigenvalue weighted by atomic mass is 19.2. The van der Waals surface area contributed by atoms with Crippen molar-refractivity contribution in [2.45, 2.75) is 96.8 Å². The molecule has 2 aromatic heterocycles. The maximum Gasteiger partial charge on any atom is 0.319 e. The highest BCUT2D eigenvalue weighted by Crippen LogP contribution is 2.43. The van der Waals surface area contributed by atoms with Crippen LogP contribution in [0.4, 0.5) is 29.1 Å². The van der Waals surface area contributed by atoms with Crippen LogP contribution in [0.1, 0.15) is 77.5 Å². The number of nitrogens with one attached hydrogen (secondary N) is 1. The Hall–Kier alpha value is -4.21. The minimum Gasteiger partial charge on any atom is -0.461 e. The van der Waals surface area contributed by atoms with E-state index in [2.05, 4.69) is 21.1 Å². The van der Waals surface area contributed by atoms with E-state index in [1.54, 1.807) is 11.0 Å². The van der Waals surface area contributed by atoms with E-state index >= 15 is 8.78 Å². The molecule has 3 unspecified atom stereocenters. The van der Waals surface area contributed by atoms with Crippen molar-refractivity contribution < 1.29 is 22.3 Å². The number of anilines is 2. The molecule has 4 aromatic rings. The number of pyridine rings is 1. The summed E-state index contributed by atoms with van der Waals surface area (Å²) in [6.07, 6.45) is 7.71. The number of piperazine rings is 1. The van der Waals surface area contributed by atoms with Gasteiger partial charge in [-0.05, 0) is 81.6 Å². The van der Waals surface area contributed by atoms with Gasteiger partial charge in [-0.1, -0.05) is 39.7 Å². The van der Waals surface area contributed by atoms with Crippen LogP contribution in [0.15, 0.2) is 24.3 Å². The van der Waals surface area contributed by atoms with Gasteiger partial charge in [0.05, 0.1) is 34.8 Å². The van der Waals surface area contributed by atoms with Crippen molar-refractivity contribution in [3.05, 3.63) is 47.2 Å². The van der Waals surface area contributed by atoms with Crippen molar-refractivity contribution in [2.75, 3.05) is 36.9 Å². The topological polar surface area (TPSA) is 92.4 Å². The number of aryl methyl sites for hydroxylation is 1. The summed E-state index contributed by atoms with van der Waals surface area (Å²) in [4.78, 5) is 18.1. The van der Waals surface area contributed by atoms with Gasteiger partial charge in [0.1, 0.15) is 29.5 Å². The number of terminal acetylenes is 1. The van der Waals surface area contributed by atoms with Crippen LogP contribution in [0.3, 0.4) is 0 Å². The summed E-state index contributed by atoms with van der Waals surface area (Å²) in [6, 6.07) is 5.15. The number of halogens is 4. The molecule has 12 heteroatoms. The van der Waals surface area contributed by atoms with E-state index in [1.165, 1.54) is 18.2 Å². The highest BCUT2D eigenvalue weighted by Gasteiger charge is 2.45. The Kier molecular flexibility index (Phi) is 10.4. The first-order valence-electron chi connectivity index (χ1n) is 17.8. The summed E-state index contributed by atoms with van der Waals surface area (Å²) < 4.78 is 68.4. The van der Waals surface area contributed by atoms with Gasteiger partial charge >= 0.3 is 6.01 Å². The molecule has 3 atom stereocenters. The molecule has 0 amide bonds. The number of rotatable bonds is 4. The van der Waals surface area contributed by atoms with Gasteiger partial charge in [-0.2, -0.15) is 9.97 Å². The Morgan fingerprint density at radius 2 is 1.76 bits per heavy atom. The number of aromatic nitrogens is 3. The molecular formula is C38H45F4N7O. The fourth-order valence-electron chi connectivity index (χ4n) is 8.12. The zero-order chi connectivity index (χ0) is 35.7. The third-order valence-corrected chi connectivity index (χ3v) is 10.2. The van der Waals surface area contributed by atoms with Crippen LogP contribution < -0.4 is 20.7 Å². The van der Waals surface area contributed by atoms with Crippen LogP contribution >= 0.6 is 0 Å². The van der Waals surface area contributed by atoms with E-state index in [9.17, 15) is 8.78 Å². The van der Waals surface area contributed by atoms with Crippen molar-refractivity contribution in [1.82, 2.24) is 25.2 Å². The maximum atomic E-state index is 17.0. The molecule has 0 saturated carbocycles. The first-order valence-corrected chi connectivity index (χ1v) is 17.8. The van der Waals surface area contributed by atoms with E-state index in [0.717, 1.165) is 38.8 Å². The number of nitrogen functional groups attached to an aromatic ring is 1. The van der Waals surface area contributed by atoms with Crippen LogP contribution in [0.5, 0.6) is 6.01 Å². The van der Waals surface area contributed by atoms with Crippen molar-refractivity contribution in [2.24, 2.45) is 0 Å². The quantitative estimate of drug-likeness (QED) is 0.0988. The number of ether oxygens (including phenoxy) is 1. The average molecular weight is 692 g/mol. The molecule has 266 valence electrons. The van der Waals surface area contributed by atoms with Crippen LogP contribution in [-0.2, 0) is 6.42 Å². The molecule has 4 aliphatic heterocycles. The second kappa shape index (κ2) is 14.6. The van der Waals surface area contributed by atoms with Gasteiger partial charge in [0.25, 0.3) is 0 Å². The lowest BCUT2D eigenvalue weighted by molar-refractivity contribution is 0.102. The zero-order valence-corrected chi connectivity index (χ0v) is 29.1. The Balaban J connectivity index is 0.00000104. The van der Waals surface area contributed by atoms with E-state index in [0.29, 0.717) is 48.0 Å². The fraction of sp³-hybridized carbons (Fsp3) is 0.500. The summed E-state index contributed by atoms with van der Waals surface area (Å²) in [5.74, 6) is 1.15. The van der Waals surface area contributed by atoms with Gasteiger partial charge < -0.3 is 15.4 Å². The Labute approximate surface area is 290 Å². The van der Waals surface area contributed by atoms with Crippen LogP contribution in [0.25, 0.3) is 32.9 Å². The lowest BCUT2D eigenvalue weighted by atomic mass is 9.94. The molecule has 6 heterocycles. The molecule has 3 fully saturated rings. The average Bonchev–Trinajstić information content (AvgIpc) is 3.70. The first kappa shape index (κ1) is 35.6. The van der Waals surface area contributed by atoms with Crippen molar-refractivity contribution in [3.8, 4) is 29.6 Å². The van der Waals surface area contributed by atoms with Crippen LogP contribution in [-0.4, -0.2) is 70.3 Å². The number of alkyl halides is 2. The number of hydrogen-bond acceptors (Lipinski definition) is 8. The number of nitrogens with two attached hydrogens (primary N) is 1. The zero-order valence-electron chi connectivity index (χ0n) is 29.1. The SMILES string of the molecule is C#Cc1c(F)ccc2cc(N)cc(-c3nc4c5c(nc(OCC67CCCN6CCC7)nc5c3F)N3CC(F)NC(F)C3CCC4)c12.CC.CC. The molecule has 2 aromatic carbocycles. The molecule has 50 heavy (non-hydrogen) atoms. The minimum atomic E-state index is -1.67. The van der Waals surface area contributed by atoms with E-state index in [4.69, 9.17) is 26.9 Å². The summed E-state index contributed by atoms with van der Waals surface area (Å²) in [7, 11) is 0. The summed E-state index contributed by atoms with van der Waals surface area (Å²) in [6.45, 7) is 10.1. The Bertz CT molecular complexity index is 1920. The van der Waals surface area contributed by atoms with Gasteiger partial charge in [-0.3, -0.25) is 10.2 Å². The number of benzene rings is 2.